The molecule has 1 saturated heterocycles. The summed E-state index contributed by atoms with van der Waals surface area (Å²) in [6.07, 6.45) is 6.19. The normalized spacial score (nSPS) is 22.7. The van der Waals surface area contributed by atoms with Gasteiger partial charge in [0.15, 0.2) is 5.54 Å². The summed E-state index contributed by atoms with van der Waals surface area (Å²) < 4.78 is 14.9. The SMILES string of the molecule is CC1(C)CCC(NC(=O)[C@]2(N(C(=O)[C@@H]3CCC(=O)N3c3cc(C#N)ccn3)c3cccc(F)c3)CCc3ccccc32)CC1. The number of benzene rings is 2. The predicted octanol–water partition coefficient (Wildman–Crippen LogP) is 5.55. The van der Waals surface area contributed by atoms with E-state index < -0.39 is 23.3 Å². The van der Waals surface area contributed by atoms with E-state index in [0.29, 0.717) is 24.0 Å². The highest BCUT2D eigenvalue weighted by atomic mass is 19.1. The third-order valence-electron chi connectivity index (χ3n) is 9.56. The molecule has 2 heterocycles. The largest absolute Gasteiger partial charge is 0.351 e. The Labute approximate surface area is 256 Å². The van der Waals surface area contributed by atoms with Crippen LogP contribution in [0.15, 0.2) is 66.9 Å². The van der Waals surface area contributed by atoms with Crippen molar-refractivity contribution in [3.05, 3.63) is 89.4 Å². The van der Waals surface area contributed by atoms with E-state index in [9.17, 15) is 24.0 Å². The average Bonchev–Trinajstić information content (AvgIpc) is 3.60. The Morgan fingerprint density at radius 3 is 2.55 bits per heavy atom. The fourth-order valence-electron chi connectivity index (χ4n) is 7.13. The number of anilines is 2. The summed E-state index contributed by atoms with van der Waals surface area (Å²) >= 11 is 0. The van der Waals surface area contributed by atoms with Crippen LogP contribution in [-0.4, -0.2) is 34.8 Å². The summed E-state index contributed by atoms with van der Waals surface area (Å²) in [5, 5.41) is 12.8. The van der Waals surface area contributed by atoms with Crippen LogP contribution < -0.4 is 15.1 Å². The topological polar surface area (TPSA) is 106 Å². The third-order valence-corrected chi connectivity index (χ3v) is 9.56. The molecule has 1 saturated carbocycles. The molecule has 2 atom stereocenters. The number of pyridine rings is 1. The number of nitriles is 1. The van der Waals surface area contributed by atoms with Crippen LogP contribution in [0, 0.1) is 22.6 Å². The molecule has 8 nitrogen and oxygen atoms in total. The number of hydrogen-bond donors (Lipinski definition) is 1. The zero-order chi connectivity index (χ0) is 31.1. The zero-order valence-corrected chi connectivity index (χ0v) is 25.1. The van der Waals surface area contributed by atoms with Crippen LogP contribution in [0.2, 0.25) is 0 Å². The molecule has 6 rings (SSSR count). The Morgan fingerprint density at radius 1 is 1.02 bits per heavy atom. The van der Waals surface area contributed by atoms with Gasteiger partial charge in [-0.25, -0.2) is 9.37 Å². The van der Waals surface area contributed by atoms with Gasteiger partial charge in [0.1, 0.15) is 17.7 Å². The highest BCUT2D eigenvalue weighted by Gasteiger charge is 2.55. The second-order valence-electron chi connectivity index (χ2n) is 12.9. The molecule has 44 heavy (non-hydrogen) atoms. The summed E-state index contributed by atoms with van der Waals surface area (Å²) in [6.45, 7) is 4.47. The molecular formula is C35H36FN5O3. The van der Waals surface area contributed by atoms with Gasteiger partial charge >= 0.3 is 0 Å². The summed E-state index contributed by atoms with van der Waals surface area (Å²) in [4.78, 5) is 50.0. The lowest BCUT2D eigenvalue weighted by molar-refractivity contribution is -0.132. The standard InChI is InChI=1S/C35H36FN5O3/c1-34(2)16-13-26(14-17-34)39-33(44)35(18-12-24-6-3-4-9-28(24)35)41(27-8-5-7-25(36)21-27)32(43)29-10-11-31(42)40(29)30-20-23(22-37)15-19-38-30/h3-9,15,19-21,26,29H,10-14,16-18H2,1-2H3,(H,39,44)/t29-,35-/m0/s1. The van der Waals surface area contributed by atoms with Crippen LogP contribution in [0.4, 0.5) is 15.9 Å². The second kappa shape index (κ2) is 11.5. The first kappa shape index (κ1) is 29.5. The number of halogens is 1. The minimum atomic E-state index is -1.46. The van der Waals surface area contributed by atoms with Gasteiger partial charge in [-0.3, -0.25) is 24.2 Å². The number of aryl methyl sites for hydroxylation is 1. The second-order valence-corrected chi connectivity index (χ2v) is 12.9. The highest BCUT2D eigenvalue weighted by Crippen LogP contribution is 2.46. The van der Waals surface area contributed by atoms with Crippen molar-refractivity contribution >= 4 is 29.2 Å². The van der Waals surface area contributed by atoms with Crippen molar-refractivity contribution in [2.24, 2.45) is 5.41 Å². The van der Waals surface area contributed by atoms with Crippen LogP contribution >= 0.6 is 0 Å². The van der Waals surface area contributed by atoms with E-state index >= 15 is 0 Å². The van der Waals surface area contributed by atoms with Gasteiger partial charge in [0.25, 0.3) is 11.8 Å². The van der Waals surface area contributed by atoms with Crippen molar-refractivity contribution in [2.75, 3.05) is 9.80 Å². The van der Waals surface area contributed by atoms with Crippen LogP contribution in [0.3, 0.4) is 0 Å². The summed E-state index contributed by atoms with van der Waals surface area (Å²) in [5.74, 6) is -1.45. The molecule has 1 aliphatic heterocycles. The maximum Gasteiger partial charge on any atom is 0.251 e. The molecule has 2 fully saturated rings. The molecule has 3 amide bonds. The summed E-state index contributed by atoms with van der Waals surface area (Å²) in [7, 11) is 0. The van der Waals surface area contributed by atoms with E-state index in [1.807, 2.05) is 24.3 Å². The van der Waals surface area contributed by atoms with Gasteiger partial charge in [-0.2, -0.15) is 5.26 Å². The number of fused-ring (bicyclic) bond motifs is 1. The fourth-order valence-corrected chi connectivity index (χ4v) is 7.13. The van der Waals surface area contributed by atoms with E-state index in [1.165, 1.54) is 46.3 Å². The fraction of sp³-hybridized carbons (Fsp3) is 0.400. The number of nitrogens with one attached hydrogen (secondary N) is 1. The summed E-state index contributed by atoms with van der Waals surface area (Å²) in [6, 6.07) is 17.4. The lowest BCUT2D eigenvalue weighted by Crippen LogP contribution is -2.62. The number of amides is 3. The average molecular weight is 594 g/mol. The number of carbonyl (C=O) groups excluding carboxylic acids is 3. The van der Waals surface area contributed by atoms with Gasteiger partial charge in [0.2, 0.25) is 5.91 Å². The Kier molecular flexibility index (Phi) is 7.70. The summed E-state index contributed by atoms with van der Waals surface area (Å²) in [5.41, 5.74) is 0.936. The van der Waals surface area contributed by atoms with Gasteiger partial charge in [0.05, 0.1) is 11.6 Å². The van der Waals surface area contributed by atoms with E-state index in [2.05, 4.69) is 30.2 Å². The maximum atomic E-state index is 15.0. The molecule has 0 spiro atoms. The number of hydrogen-bond acceptors (Lipinski definition) is 5. The molecule has 226 valence electrons. The Morgan fingerprint density at radius 2 is 1.80 bits per heavy atom. The van der Waals surface area contributed by atoms with Crippen molar-refractivity contribution in [2.45, 2.75) is 82.8 Å². The van der Waals surface area contributed by atoms with Crippen molar-refractivity contribution in [1.82, 2.24) is 10.3 Å². The minimum Gasteiger partial charge on any atom is -0.351 e. The van der Waals surface area contributed by atoms with E-state index in [4.69, 9.17) is 0 Å². The molecule has 2 aromatic carbocycles. The first-order valence-electron chi connectivity index (χ1n) is 15.3. The van der Waals surface area contributed by atoms with E-state index in [1.54, 1.807) is 6.07 Å². The number of carbonyl (C=O) groups is 3. The zero-order valence-electron chi connectivity index (χ0n) is 25.1. The van der Waals surface area contributed by atoms with Crippen LogP contribution in [0.25, 0.3) is 0 Å². The van der Waals surface area contributed by atoms with Gasteiger partial charge in [-0.05, 0) is 91.8 Å². The van der Waals surface area contributed by atoms with Gasteiger partial charge in [-0.15, -0.1) is 0 Å². The minimum absolute atomic E-state index is 0.0490. The van der Waals surface area contributed by atoms with Crippen LogP contribution in [0.1, 0.15) is 75.5 Å². The van der Waals surface area contributed by atoms with Crippen LogP contribution in [-0.2, 0) is 26.3 Å². The first-order chi connectivity index (χ1) is 21.1. The predicted molar refractivity (Wildman–Crippen MR) is 164 cm³/mol. The highest BCUT2D eigenvalue weighted by molar-refractivity contribution is 6.12. The molecule has 9 heteroatoms. The number of aromatic nitrogens is 1. The molecule has 1 aromatic heterocycles. The quantitative estimate of drug-likeness (QED) is 0.404. The Hall–Kier alpha value is -4.58. The van der Waals surface area contributed by atoms with Crippen molar-refractivity contribution in [3.8, 4) is 6.07 Å². The molecule has 0 bridgehead atoms. The van der Waals surface area contributed by atoms with Gasteiger partial charge in [-0.1, -0.05) is 44.2 Å². The molecular weight excluding hydrogens is 557 g/mol. The van der Waals surface area contributed by atoms with Gasteiger partial charge < -0.3 is 5.32 Å². The van der Waals surface area contributed by atoms with E-state index in [-0.39, 0.29) is 47.6 Å². The molecule has 0 unspecified atom stereocenters. The van der Waals surface area contributed by atoms with Crippen molar-refractivity contribution < 1.29 is 18.8 Å². The first-order valence-corrected chi connectivity index (χ1v) is 15.3. The Bertz CT molecular complexity index is 1660. The number of nitrogens with zero attached hydrogens (tertiary/aromatic N) is 4. The monoisotopic (exact) mass is 593 g/mol. The molecule has 1 N–H and O–H groups in total. The third kappa shape index (κ3) is 5.23. The molecule has 3 aliphatic rings. The molecule has 2 aliphatic carbocycles. The van der Waals surface area contributed by atoms with E-state index in [0.717, 1.165) is 31.2 Å². The van der Waals surface area contributed by atoms with Crippen LogP contribution in [0.5, 0.6) is 0 Å². The van der Waals surface area contributed by atoms with Crippen molar-refractivity contribution in [3.63, 3.8) is 0 Å². The lowest BCUT2D eigenvalue weighted by Gasteiger charge is -2.44. The Balaban J connectivity index is 1.47. The lowest BCUT2D eigenvalue weighted by atomic mass is 9.75. The molecule has 0 radical (unpaired) electrons. The number of rotatable bonds is 6. The maximum absolute atomic E-state index is 15.0. The van der Waals surface area contributed by atoms with Gasteiger partial charge in [0, 0.05) is 24.3 Å². The smallest absolute Gasteiger partial charge is 0.251 e. The molecule has 3 aromatic rings. The van der Waals surface area contributed by atoms with Crippen molar-refractivity contribution in [1.29, 1.82) is 5.26 Å².